The molecule has 0 amide bonds. The molecule has 3 nitrogen and oxygen atoms in total. The highest BCUT2D eigenvalue weighted by atomic mass is 19.1. The molecule has 1 N–H and O–H groups in total. The highest BCUT2D eigenvalue weighted by molar-refractivity contribution is 5.40. The standard InChI is InChI=1S/C17H20FNO2/c1-12(13-4-7-15(18)8-5-13)19-11-14-6-9-16(20-2)10-17(14)21-3/h4-10,12,19H,11H2,1-3H3/t12-/m1/s1. The molecule has 2 aromatic carbocycles. The van der Waals surface area contributed by atoms with Crippen LogP contribution < -0.4 is 14.8 Å². The Balaban J connectivity index is 2.03. The predicted octanol–water partition coefficient (Wildman–Crippen LogP) is 3.69. The van der Waals surface area contributed by atoms with Crippen molar-refractivity contribution < 1.29 is 13.9 Å². The van der Waals surface area contributed by atoms with Crippen molar-refractivity contribution in [3.05, 3.63) is 59.4 Å². The summed E-state index contributed by atoms with van der Waals surface area (Å²) < 4.78 is 23.5. The second-order valence-corrected chi connectivity index (χ2v) is 4.83. The van der Waals surface area contributed by atoms with Crippen molar-refractivity contribution in [1.82, 2.24) is 5.32 Å². The Kier molecular flexibility index (Phi) is 5.17. The van der Waals surface area contributed by atoms with E-state index >= 15 is 0 Å². The van der Waals surface area contributed by atoms with Gasteiger partial charge in [-0.1, -0.05) is 18.2 Å². The summed E-state index contributed by atoms with van der Waals surface area (Å²) in [6.07, 6.45) is 0. The van der Waals surface area contributed by atoms with Gasteiger partial charge in [0, 0.05) is 24.2 Å². The number of hydrogen-bond acceptors (Lipinski definition) is 3. The Hall–Kier alpha value is -2.07. The van der Waals surface area contributed by atoms with Gasteiger partial charge in [0.15, 0.2) is 0 Å². The first-order valence-corrected chi connectivity index (χ1v) is 6.83. The lowest BCUT2D eigenvalue weighted by Crippen LogP contribution is -2.18. The predicted molar refractivity (Wildman–Crippen MR) is 81.2 cm³/mol. The van der Waals surface area contributed by atoms with E-state index < -0.39 is 0 Å². The van der Waals surface area contributed by atoms with Crippen molar-refractivity contribution in [2.24, 2.45) is 0 Å². The van der Waals surface area contributed by atoms with E-state index in [2.05, 4.69) is 5.32 Å². The molecule has 0 fully saturated rings. The number of ether oxygens (including phenoxy) is 2. The molecule has 0 saturated carbocycles. The molecule has 2 aromatic rings. The van der Waals surface area contributed by atoms with Gasteiger partial charge < -0.3 is 14.8 Å². The molecule has 0 aliphatic rings. The Bertz CT molecular complexity index is 584. The lowest BCUT2D eigenvalue weighted by Gasteiger charge is -2.16. The Morgan fingerprint density at radius 3 is 2.38 bits per heavy atom. The maximum absolute atomic E-state index is 12.9. The van der Waals surface area contributed by atoms with Gasteiger partial charge in [0.05, 0.1) is 14.2 Å². The van der Waals surface area contributed by atoms with Crippen LogP contribution in [-0.4, -0.2) is 14.2 Å². The monoisotopic (exact) mass is 289 g/mol. The Morgan fingerprint density at radius 2 is 1.76 bits per heavy atom. The van der Waals surface area contributed by atoms with Crippen LogP contribution in [0, 0.1) is 5.82 Å². The molecule has 0 heterocycles. The smallest absolute Gasteiger partial charge is 0.127 e. The van der Waals surface area contributed by atoms with Gasteiger partial charge in [-0.2, -0.15) is 0 Å². The highest BCUT2D eigenvalue weighted by Crippen LogP contribution is 2.25. The van der Waals surface area contributed by atoms with Crippen molar-refractivity contribution in [3.8, 4) is 11.5 Å². The lowest BCUT2D eigenvalue weighted by molar-refractivity contribution is 0.389. The molecule has 0 radical (unpaired) electrons. The molecule has 2 rings (SSSR count). The highest BCUT2D eigenvalue weighted by Gasteiger charge is 2.08. The van der Waals surface area contributed by atoms with Crippen molar-refractivity contribution in [2.45, 2.75) is 19.5 Å². The van der Waals surface area contributed by atoms with E-state index in [0.29, 0.717) is 6.54 Å². The van der Waals surface area contributed by atoms with E-state index in [1.54, 1.807) is 26.4 Å². The Morgan fingerprint density at radius 1 is 1.05 bits per heavy atom. The third-order valence-electron chi connectivity index (χ3n) is 3.46. The van der Waals surface area contributed by atoms with Crippen LogP contribution >= 0.6 is 0 Å². The molecule has 21 heavy (non-hydrogen) atoms. The van der Waals surface area contributed by atoms with E-state index in [9.17, 15) is 4.39 Å². The molecule has 0 unspecified atom stereocenters. The third kappa shape index (κ3) is 3.95. The minimum atomic E-state index is -0.220. The molecule has 0 aliphatic carbocycles. The number of nitrogens with one attached hydrogen (secondary N) is 1. The van der Waals surface area contributed by atoms with Crippen LogP contribution in [0.15, 0.2) is 42.5 Å². The SMILES string of the molecule is COc1ccc(CN[C@H](C)c2ccc(F)cc2)c(OC)c1. The zero-order chi connectivity index (χ0) is 15.2. The zero-order valence-electron chi connectivity index (χ0n) is 12.5. The summed E-state index contributed by atoms with van der Waals surface area (Å²) in [4.78, 5) is 0. The van der Waals surface area contributed by atoms with E-state index in [1.165, 1.54) is 12.1 Å². The van der Waals surface area contributed by atoms with Gasteiger partial charge in [-0.25, -0.2) is 4.39 Å². The summed E-state index contributed by atoms with van der Waals surface area (Å²) in [5.74, 6) is 1.33. The molecule has 0 spiro atoms. The molecule has 112 valence electrons. The summed E-state index contributed by atoms with van der Waals surface area (Å²) in [6, 6.07) is 12.4. The van der Waals surface area contributed by atoms with E-state index in [1.807, 2.05) is 25.1 Å². The summed E-state index contributed by atoms with van der Waals surface area (Å²) in [7, 11) is 3.27. The quantitative estimate of drug-likeness (QED) is 0.879. The molecule has 4 heteroatoms. The normalized spacial score (nSPS) is 12.0. The van der Waals surface area contributed by atoms with Crippen LogP contribution in [-0.2, 0) is 6.54 Å². The van der Waals surface area contributed by atoms with E-state index in [0.717, 1.165) is 22.6 Å². The van der Waals surface area contributed by atoms with Gasteiger partial charge in [-0.3, -0.25) is 0 Å². The van der Waals surface area contributed by atoms with Gasteiger partial charge in [-0.15, -0.1) is 0 Å². The number of hydrogen-bond donors (Lipinski definition) is 1. The van der Waals surface area contributed by atoms with Crippen molar-refractivity contribution in [2.75, 3.05) is 14.2 Å². The molecule has 0 bridgehead atoms. The minimum Gasteiger partial charge on any atom is -0.497 e. The number of rotatable bonds is 6. The van der Waals surface area contributed by atoms with Crippen LogP contribution in [0.25, 0.3) is 0 Å². The average molecular weight is 289 g/mol. The fourth-order valence-corrected chi connectivity index (χ4v) is 2.13. The van der Waals surface area contributed by atoms with Crippen molar-refractivity contribution in [1.29, 1.82) is 0 Å². The van der Waals surface area contributed by atoms with E-state index in [4.69, 9.17) is 9.47 Å². The molecular weight excluding hydrogens is 269 g/mol. The fourth-order valence-electron chi connectivity index (χ4n) is 2.13. The van der Waals surface area contributed by atoms with Crippen LogP contribution in [0.5, 0.6) is 11.5 Å². The third-order valence-corrected chi connectivity index (χ3v) is 3.46. The van der Waals surface area contributed by atoms with Gasteiger partial charge in [-0.05, 0) is 30.7 Å². The maximum atomic E-state index is 12.9. The second-order valence-electron chi connectivity index (χ2n) is 4.83. The minimum absolute atomic E-state index is 0.123. The summed E-state index contributed by atoms with van der Waals surface area (Å²) in [6.45, 7) is 2.70. The van der Waals surface area contributed by atoms with Crippen molar-refractivity contribution >= 4 is 0 Å². The average Bonchev–Trinajstić information content (AvgIpc) is 2.53. The summed E-state index contributed by atoms with van der Waals surface area (Å²) in [5.41, 5.74) is 2.09. The fraction of sp³-hybridized carbons (Fsp3) is 0.294. The molecule has 0 saturated heterocycles. The van der Waals surface area contributed by atoms with Gasteiger partial charge in [0.25, 0.3) is 0 Å². The topological polar surface area (TPSA) is 30.5 Å². The lowest BCUT2D eigenvalue weighted by atomic mass is 10.1. The van der Waals surface area contributed by atoms with Crippen LogP contribution in [0.1, 0.15) is 24.1 Å². The zero-order valence-corrected chi connectivity index (χ0v) is 12.5. The molecule has 0 aliphatic heterocycles. The Labute approximate surface area is 124 Å². The van der Waals surface area contributed by atoms with E-state index in [-0.39, 0.29) is 11.9 Å². The van der Waals surface area contributed by atoms with Gasteiger partial charge in [0.1, 0.15) is 17.3 Å². The largest absolute Gasteiger partial charge is 0.497 e. The first kappa shape index (κ1) is 15.3. The van der Waals surface area contributed by atoms with Crippen LogP contribution in [0.2, 0.25) is 0 Å². The number of halogens is 1. The van der Waals surface area contributed by atoms with Crippen molar-refractivity contribution in [3.63, 3.8) is 0 Å². The van der Waals surface area contributed by atoms with Gasteiger partial charge in [0.2, 0.25) is 0 Å². The van der Waals surface area contributed by atoms with Gasteiger partial charge >= 0.3 is 0 Å². The molecule has 0 aromatic heterocycles. The maximum Gasteiger partial charge on any atom is 0.127 e. The first-order chi connectivity index (χ1) is 10.1. The summed E-state index contributed by atoms with van der Waals surface area (Å²) >= 11 is 0. The molecule has 1 atom stereocenters. The number of methoxy groups -OCH3 is 2. The summed E-state index contributed by atoms with van der Waals surface area (Å²) in [5, 5.41) is 3.40. The second kappa shape index (κ2) is 7.09. The first-order valence-electron chi connectivity index (χ1n) is 6.83. The van der Waals surface area contributed by atoms with Crippen LogP contribution in [0.4, 0.5) is 4.39 Å². The number of benzene rings is 2. The van der Waals surface area contributed by atoms with Crippen LogP contribution in [0.3, 0.4) is 0 Å². The molecular formula is C17H20FNO2.